The summed E-state index contributed by atoms with van der Waals surface area (Å²) in [4.78, 5) is 39.7. The summed E-state index contributed by atoms with van der Waals surface area (Å²) in [6, 6.07) is 11.4. The number of hydrogen-bond donors (Lipinski definition) is 0. The Labute approximate surface area is 181 Å². The van der Waals surface area contributed by atoms with Gasteiger partial charge in [0.25, 0.3) is 11.6 Å². The fraction of sp³-hybridized carbons (Fsp3) is 0.286. The Kier molecular flexibility index (Phi) is 7.14. The summed E-state index contributed by atoms with van der Waals surface area (Å²) in [5, 5.41) is 11.1. The monoisotopic (exact) mass is 443 g/mol. The third-order valence-electron chi connectivity index (χ3n) is 4.28. The molecule has 0 unspecified atom stereocenters. The summed E-state index contributed by atoms with van der Waals surface area (Å²) < 4.78 is 12.5. The smallest absolute Gasteiger partial charge is 0.326 e. The molecular formula is C21H21N3O6S. The van der Waals surface area contributed by atoms with E-state index in [1.807, 2.05) is 6.92 Å². The molecule has 0 N–H and O–H groups in total. The number of carbonyl (C=O) groups is 2. The van der Waals surface area contributed by atoms with Crippen LogP contribution >= 0.6 is 11.3 Å². The lowest BCUT2D eigenvalue weighted by Gasteiger charge is -2.05. The molecule has 0 aliphatic carbocycles. The highest BCUT2D eigenvalue weighted by molar-refractivity contribution is 7.16. The van der Waals surface area contributed by atoms with Gasteiger partial charge in [-0.2, -0.15) is 4.99 Å². The van der Waals surface area contributed by atoms with Gasteiger partial charge in [0.2, 0.25) is 0 Å². The van der Waals surface area contributed by atoms with Crippen LogP contribution in [0.25, 0.3) is 10.2 Å². The average molecular weight is 443 g/mol. The summed E-state index contributed by atoms with van der Waals surface area (Å²) in [5.41, 5.74) is 1.26. The van der Waals surface area contributed by atoms with Crippen LogP contribution in [0, 0.1) is 10.1 Å². The molecule has 31 heavy (non-hydrogen) atoms. The van der Waals surface area contributed by atoms with Crippen molar-refractivity contribution in [3.63, 3.8) is 0 Å². The molecule has 0 aliphatic heterocycles. The van der Waals surface area contributed by atoms with Crippen molar-refractivity contribution < 1.29 is 24.0 Å². The molecule has 0 spiro atoms. The lowest BCUT2D eigenvalue weighted by molar-refractivity contribution is -0.384. The van der Waals surface area contributed by atoms with Gasteiger partial charge in [-0.15, -0.1) is 0 Å². The van der Waals surface area contributed by atoms with Crippen molar-refractivity contribution >= 4 is 39.1 Å². The first-order valence-electron chi connectivity index (χ1n) is 9.64. The maximum atomic E-state index is 12.6. The van der Waals surface area contributed by atoms with E-state index in [-0.39, 0.29) is 30.1 Å². The summed E-state index contributed by atoms with van der Waals surface area (Å²) in [6.45, 7) is 4.21. The van der Waals surface area contributed by atoms with Gasteiger partial charge in [-0.05, 0) is 37.6 Å². The van der Waals surface area contributed by atoms with Gasteiger partial charge in [-0.3, -0.25) is 19.7 Å². The zero-order valence-electron chi connectivity index (χ0n) is 17.1. The quantitative estimate of drug-likeness (QED) is 0.300. The van der Waals surface area contributed by atoms with E-state index in [0.717, 1.165) is 16.9 Å². The van der Waals surface area contributed by atoms with Gasteiger partial charge in [-0.1, -0.05) is 23.5 Å². The first kappa shape index (κ1) is 22.2. The molecule has 9 nitrogen and oxygen atoms in total. The number of rotatable bonds is 8. The Balaban J connectivity index is 1.95. The molecule has 3 aromatic rings. The fourth-order valence-electron chi connectivity index (χ4n) is 2.94. The second-order valence-corrected chi connectivity index (χ2v) is 7.45. The van der Waals surface area contributed by atoms with Gasteiger partial charge in [0.1, 0.15) is 12.3 Å². The van der Waals surface area contributed by atoms with Crippen LogP contribution in [0.15, 0.2) is 47.5 Å². The van der Waals surface area contributed by atoms with Crippen molar-refractivity contribution in [2.24, 2.45) is 4.99 Å². The van der Waals surface area contributed by atoms with Crippen LogP contribution in [0.3, 0.4) is 0 Å². The Hall–Kier alpha value is -3.53. The van der Waals surface area contributed by atoms with Crippen LogP contribution in [-0.4, -0.2) is 34.6 Å². The van der Waals surface area contributed by atoms with Crippen molar-refractivity contribution in [3.05, 3.63) is 62.9 Å². The number of benzene rings is 2. The van der Waals surface area contributed by atoms with Crippen LogP contribution < -0.4 is 9.54 Å². The molecule has 0 aliphatic rings. The minimum absolute atomic E-state index is 0.0696. The molecule has 2 aromatic carbocycles. The van der Waals surface area contributed by atoms with Gasteiger partial charge in [0.15, 0.2) is 4.80 Å². The number of amides is 1. The van der Waals surface area contributed by atoms with E-state index in [2.05, 4.69) is 4.99 Å². The zero-order valence-corrected chi connectivity index (χ0v) is 17.9. The number of non-ortho nitro benzene ring substituents is 1. The van der Waals surface area contributed by atoms with Crippen LogP contribution in [0.2, 0.25) is 0 Å². The van der Waals surface area contributed by atoms with Crippen molar-refractivity contribution in [3.8, 4) is 5.75 Å². The van der Waals surface area contributed by atoms with Crippen LogP contribution in [-0.2, 0) is 27.3 Å². The number of nitrogens with zero attached hydrogens (tertiary/aromatic N) is 3. The highest BCUT2D eigenvalue weighted by Gasteiger charge is 2.15. The molecule has 162 valence electrons. The number of esters is 1. The van der Waals surface area contributed by atoms with Crippen LogP contribution in [0.1, 0.15) is 19.4 Å². The number of ether oxygens (including phenoxy) is 2. The SMILES string of the molecule is CCOC(=O)Cn1c(=NC(=O)Cc2ccc(OCC)cc2)sc2cc([N+](=O)[O-])ccc21. The van der Waals surface area contributed by atoms with E-state index in [1.54, 1.807) is 37.3 Å². The molecule has 0 atom stereocenters. The van der Waals surface area contributed by atoms with E-state index in [9.17, 15) is 19.7 Å². The van der Waals surface area contributed by atoms with Gasteiger partial charge in [0.05, 0.1) is 34.8 Å². The van der Waals surface area contributed by atoms with Crippen LogP contribution in [0.4, 0.5) is 5.69 Å². The number of carbonyl (C=O) groups excluding carboxylic acids is 2. The predicted octanol–water partition coefficient (Wildman–Crippen LogP) is 3.24. The third-order valence-corrected chi connectivity index (χ3v) is 5.32. The maximum Gasteiger partial charge on any atom is 0.326 e. The molecule has 1 amide bonds. The predicted molar refractivity (Wildman–Crippen MR) is 115 cm³/mol. The number of hydrogen-bond acceptors (Lipinski definition) is 7. The van der Waals surface area contributed by atoms with E-state index in [4.69, 9.17) is 9.47 Å². The van der Waals surface area contributed by atoms with E-state index in [1.165, 1.54) is 16.7 Å². The van der Waals surface area contributed by atoms with Crippen molar-refractivity contribution in [1.29, 1.82) is 0 Å². The summed E-state index contributed by atoms with van der Waals surface area (Å²) in [5.74, 6) is -0.169. The number of thiazole rings is 1. The van der Waals surface area contributed by atoms with Crippen molar-refractivity contribution in [2.45, 2.75) is 26.8 Å². The Bertz CT molecular complexity index is 1180. The van der Waals surface area contributed by atoms with Gasteiger partial charge in [0, 0.05) is 12.1 Å². The number of nitro benzene ring substituents is 1. The number of fused-ring (bicyclic) bond motifs is 1. The first-order valence-corrected chi connectivity index (χ1v) is 10.5. The Morgan fingerprint density at radius 2 is 1.87 bits per heavy atom. The van der Waals surface area contributed by atoms with Gasteiger partial charge >= 0.3 is 5.97 Å². The Morgan fingerprint density at radius 1 is 1.13 bits per heavy atom. The standard InChI is InChI=1S/C21H21N3O6S/c1-3-29-16-8-5-14(6-9-16)11-19(25)22-21-23(13-20(26)30-4-2)17-10-7-15(24(27)28)12-18(17)31-21/h5-10,12H,3-4,11,13H2,1-2H3. The van der Waals surface area contributed by atoms with Crippen molar-refractivity contribution in [1.82, 2.24) is 4.57 Å². The zero-order chi connectivity index (χ0) is 22.4. The largest absolute Gasteiger partial charge is 0.494 e. The molecule has 0 fully saturated rings. The molecule has 1 aromatic heterocycles. The molecule has 0 radical (unpaired) electrons. The van der Waals surface area contributed by atoms with Gasteiger partial charge in [-0.25, -0.2) is 0 Å². The van der Waals surface area contributed by atoms with E-state index < -0.39 is 16.8 Å². The summed E-state index contributed by atoms with van der Waals surface area (Å²) >= 11 is 1.11. The second kappa shape index (κ2) is 9.98. The maximum absolute atomic E-state index is 12.6. The topological polar surface area (TPSA) is 113 Å². The minimum Gasteiger partial charge on any atom is -0.494 e. The highest BCUT2D eigenvalue weighted by Crippen LogP contribution is 2.23. The fourth-order valence-corrected chi connectivity index (χ4v) is 4.02. The highest BCUT2D eigenvalue weighted by atomic mass is 32.1. The summed E-state index contributed by atoms with van der Waals surface area (Å²) in [6.07, 6.45) is 0.0696. The normalized spacial score (nSPS) is 11.5. The molecule has 0 saturated carbocycles. The molecule has 10 heteroatoms. The minimum atomic E-state index is -0.497. The third kappa shape index (κ3) is 5.54. The number of aromatic nitrogens is 1. The average Bonchev–Trinajstić information content (AvgIpc) is 3.05. The molecule has 0 saturated heterocycles. The molecular weight excluding hydrogens is 422 g/mol. The van der Waals surface area contributed by atoms with Crippen LogP contribution in [0.5, 0.6) is 5.75 Å². The number of nitro groups is 1. The van der Waals surface area contributed by atoms with E-state index in [0.29, 0.717) is 22.6 Å². The molecule has 3 rings (SSSR count). The molecule has 0 bridgehead atoms. The summed E-state index contributed by atoms with van der Waals surface area (Å²) in [7, 11) is 0. The van der Waals surface area contributed by atoms with E-state index >= 15 is 0 Å². The lowest BCUT2D eigenvalue weighted by atomic mass is 10.1. The molecule has 1 heterocycles. The second-order valence-electron chi connectivity index (χ2n) is 6.44. The van der Waals surface area contributed by atoms with Crippen molar-refractivity contribution in [2.75, 3.05) is 13.2 Å². The first-order chi connectivity index (χ1) is 14.9. The van der Waals surface area contributed by atoms with Gasteiger partial charge < -0.3 is 14.0 Å². The lowest BCUT2D eigenvalue weighted by Crippen LogP contribution is -2.23. The Morgan fingerprint density at radius 3 is 2.52 bits per heavy atom.